The Morgan fingerprint density at radius 3 is 2.95 bits per heavy atom. The van der Waals surface area contributed by atoms with E-state index in [1.165, 1.54) is 18.6 Å². The van der Waals surface area contributed by atoms with E-state index >= 15 is 0 Å². The normalized spacial score (nSPS) is 19.1. The monoisotopic (exact) mass is 278 g/mol. The molecule has 1 aromatic carbocycles. The van der Waals surface area contributed by atoms with Gasteiger partial charge in [-0.05, 0) is 63.4 Å². The van der Waals surface area contributed by atoms with Gasteiger partial charge in [-0.2, -0.15) is 0 Å². The van der Waals surface area contributed by atoms with Crippen LogP contribution in [0.15, 0.2) is 24.3 Å². The van der Waals surface area contributed by atoms with Crippen LogP contribution in [0.2, 0.25) is 0 Å². The SMILES string of the molecule is CC(C)(C(=O)NCCC1CCNC1)c1cccc(F)c1. The summed E-state index contributed by atoms with van der Waals surface area (Å²) in [6, 6.07) is 6.26. The summed E-state index contributed by atoms with van der Waals surface area (Å²) in [4.78, 5) is 12.3. The van der Waals surface area contributed by atoms with Crippen molar-refractivity contribution in [2.45, 2.75) is 32.1 Å². The maximum absolute atomic E-state index is 13.3. The Bertz CT molecular complexity index is 467. The fourth-order valence-corrected chi connectivity index (χ4v) is 2.58. The largest absolute Gasteiger partial charge is 0.355 e. The van der Waals surface area contributed by atoms with Crippen molar-refractivity contribution in [3.8, 4) is 0 Å². The van der Waals surface area contributed by atoms with Gasteiger partial charge >= 0.3 is 0 Å². The minimum atomic E-state index is -0.712. The Morgan fingerprint density at radius 2 is 2.30 bits per heavy atom. The molecule has 1 aliphatic heterocycles. The molecule has 3 nitrogen and oxygen atoms in total. The van der Waals surface area contributed by atoms with Gasteiger partial charge < -0.3 is 10.6 Å². The molecule has 1 aromatic rings. The third-order valence-corrected chi connectivity index (χ3v) is 4.11. The number of halogens is 1. The zero-order valence-electron chi connectivity index (χ0n) is 12.2. The molecule has 20 heavy (non-hydrogen) atoms. The number of rotatable bonds is 5. The molecule has 2 N–H and O–H groups in total. The Morgan fingerprint density at radius 1 is 1.50 bits per heavy atom. The lowest BCUT2D eigenvalue weighted by molar-refractivity contribution is -0.125. The summed E-state index contributed by atoms with van der Waals surface area (Å²) < 4.78 is 13.3. The molecule has 1 saturated heterocycles. The fourth-order valence-electron chi connectivity index (χ4n) is 2.58. The van der Waals surface area contributed by atoms with Gasteiger partial charge in [0.15, 0.2) is 0 Å². The Balaban J connectivity index is 1.89. The third kappa shape index (κ3) is 3.57. The van der Waals surface area contributed by atoms with Crippen molar-refractivity contribution < 1.29 is 9.18 Å². The van der Waals surface area contributed by atoms with E-state index in [0.717, 1.165) is 19.5 Å². The molecule has 2 rings (SSSR count). The van der Waals surface area contributed by atoms with Crippen LogP contribution in [0.3, 0.4) is 0 Å². The fraction of sp³-hybridized carbons (Fsp3) is 0.562. The Hall–Kier alpha value is -1.42. The molecule has 1 atom stereocenters. The predicted octanol–water partition coefficient (Wildman–Crippen LogP) is 2.22. The van der Waals surface area contributed by atoms with Crippen LogP contribution in [0.25, 0.3) is 0 Å². The van der Waals surface area contributed by atoms with Gasteiger partial charge in [-0.25, -0.2) is 4.39 Å². The van der Waals surface area contributed by atoms with E-state index < -0.39 is 5.41 Å². The molecule has 110 valence electrons. The van der Waals surface area contributed by atoms with Crippen LogP contribution in [-0.2, 0) is 10.2 Å². The molecule has 0 radical (unpaired) electrons. The number of hydrogen-bond donors (Lipinski definition) is 2. The number of amides is 1. The van der Waals surface area contributed by atoms with Crippen LogP contribution >= 0.6 is 0 Å². The highest BCUT2D eigenvalue weighted by molar-refractivity contribution is 5.87. The second-order valence-corrected chi connectivity index (χ2v) is 6.04. The summed E-state index contributed by atoms with van der Waals surface area (Å²) in [6.45, 7) is 6.46. The van der Waals surface area contributed by atoms with Gasteiger partial charge in [0.1, 0.15) is 5.82 Å². The van der Waals surface area contributed by atoms with Crippen molar-refractivity contribution in [2.24, 2.45) is 5.92 Å². The summed E-state index contributed by atoms with van der Waals surface area (Å²) in [6.07, 6.45) is 2.18. The smallest absolute Gasteiger partial charge is 0.230 e. The highest BCUT2D eigenvalue weighted by Gasteiger charge is 2.29. The lowest BCUT2D eigenvalue weighted by Crippen LogP contribution is -2.41. The van der Waals surface area contributed by atoms with Crippen LogP contribution in [-0.4, -0.2) is 25.5 Å². The Labute approximate surface area is 120 Å². The molecule has 1 fully saturated rings. The predicted molar refractivity (Wildman–Crippen MR) is 78.0 cm³/mol. The molecule has 4 heteroatoms. The van der Waals surface area contributed by atoms with Crippen molar-refractivity contribution >= 4 is 5.91 Å². The molecule has 0 aliphatic carbocycles. The van der Waals surface area contributed by atoms with Gasteiger partial charge in [0.2, 0.25) is 5.91 Å². The highest BCUT2D eigenvalue weighted by atomic mass is 19.1. The van der Waals surface area contributed by atoms with E-state index in [0.29, 0.717) is 18.0 Å². The van der Waals surface area contributed by atoms with Crippen LogP contribution in [0.4, 0.5) is 4.39 Å². The molecule has 1 aliphatic rings. The van der Waals surface area contributed by atoms with E-state index in [4.69, 9.17) is 0 Å². The summed E-state index contributed by atoms with van der Waals surface area (Å²) >= 11 is 0. The maximum atomic E-state index is 13.3. The van der Waals surface area contributed by atoms with Gasteiger partial charge in [-0.15, -0.1) is 0 Å². The van der Waals surface area contributed by atoms with Gasteiger partial charge in [0.25, 0.3) is 0 Å². The first-order valence-corrected chi connectivity index (χ1v) is 7.25. The van der Waals surface area contributed by atoms with Gasteiger partial charge in [-0.1, -0.05) is 12.1 Å². The topological polar surface area (TPSA) is 41.1 Å². The lowest BCUT2D eigenvalue weighted by Gasteiger charge is -2.24. The summed E-state index contributed by atoms with van der Waals surface area (Å²) in [5, 5.41) is 6.30. The summed E-state index contributed by atoms with van der Waals surface area (Å²) in [5.74, 6) is 0.307. The van der Waals surface area contributed by atoms with Gasteiger partial charge in [-0.3, -0.25) is 4.79 Å². The molecule has 0 saturated carbocycles. The second-order valence-electron chi connectivity index (χ2n) is 6.04. The minimum Gasteiger partial charge on any atom is -0.355 e. The summed E-state index contributed by atoms with van der Waals surface area (Å²) in [7, 11) is 0. The second kappa shape index (κ2) is 6.35. The average Bonchev–Trinajstić information content (AvgIpc) is 2.91. The zero-order valence-corrected chi connectivity index (χ0v) is 12.2. The molecular weight excluding hydrogens is 255 g/mol. The standard InChI is InChI=1S/C16H23FN2O/c1-16(2,13-4-3-5-14(17)10-13)15(20)19-9-7-12-6-8-18-11-12/h3-5,10,12,18H,6-9,11H2,1-2H3,(H,19,20). The van der Waals surface area contributed by atoms with Crippen molar-refractivity contribution in [2.75, 3.05) is 19.6 Å². The van der Waals surface area contributed by atoms with E-state index in [2.05, 4.69) is 10.6 Å². The molecule has 1 heterocycles. The van der Waals surface area contributed by atoms with Gasteiger partial charge in [0, 0.05) is 6.54 Å². The van der Waals surface area contributed by atoms with E-state index in [-0.39, 0.29) is 11.7 Å². The maximum Gasteiger partial charge on any atom is 0.230 e. The van der Waals surface area contributed by atoms with E-state index in [1.54, 1.807) is 12.1 Å². The minimum absolute atomic E-state index is 0.0472. The first-order chi connectivity index (χ1) is 9.50. The first-order valence-electron chi connectivity index (χ1n) is 7.25. The van der Waals surface area contributed by atoms with Crippen LogP contribution in [0, 0.1) is 11.7 Å². The molecule has 0 spiro atoms. The number of carbonyl (C=O) groups excluding carboxylic acids is 1. The molecule has 1 unspecified atom stereocenters. The number of hydrogen-bond acceptors (Lipinski definition) is 2. The average molecular weight is 278 g/mol. The highest BCUT2D eigenvalue weighted by Crippen LogP contribution is 2.24. The van der Waals surface area contributed by atoms with Crippen LogP contribution < -0.4 is 10.6 Å². The third-order valence-electron chi connectivity index (χ3n) is 4.11. The number of benzene rings is 1. The zero-order chi connectivity index (χ0) is 14.6. The van der Waals surface area contributed by atoms with Crippen molar-refractivity contribution in [1.29, 1.82) is 0 Å². The lowest BCUT2D eigenvalue weighted by atomic mass is 9.83. The Kier molecular flexibility index (Phi) is 4.76. The molecule has 0 aromatic heterocycles. The van der Waals surface area contributed by atoms with Crippen molar-refractivity contribution in [3.63, 3.8) is 0 Å². The quantitative estimate of drug-likeness (QED) is 0.867. The van der Waals surface area contributed by atoms with E-state index in [1.807, 2.05) is 13.8 Å². The van der Waals surface area contributed by atoms with E-state index in [9.17, 15) is 9.18 Å². The summed E-state index contributed by atoms with van der Waals surface area (Å²) in [5.41, 5.74) is -0.00623. The van der Waals surface area contributed by atoms with Crippen LogP contribution in [0.1, 0.15) is 32.3 Å². The number of carbonyl (C=O) groups is 1. The first kappa shape index (κ1) is 15.0. The van der Waals surface area contributed by atoms with Crippen molar-refractivity contribution in [3.05, 3.63) is 35.6 Å². The van der Waals surface area contributed by atoms with Crippen LogP contribution in [0.5, 0.6) is 0 Å². The molecule has 1 amide bonds. The van der Waals surface area contributed by atoms with Gasteiger partial charge in [0.05, 0.1) is 5.41 Å². The number of nitrogens with one attached hydrogen (secondary N) is 2. The van der Waals surface area contributed by atoms with Crippen molar-refractivity contribution in [1.82, 2.24) is 10.6 Å². The molecule has 0 bridgehead atoms. The molecular formula is C16H23FN2O.